The molecule has 4 heterocycles. The van der Waals surface area contributed by atoms with Crippen molar-refractivity contribution in [3.63, 3.8) is 0 Å². The number of nitrogens with one attached hydrogen (secondary N) is 3. The summed E-state index contributed by atoms with van der Waals surface area (Å²) in [6, 6.07) is 12.7. The number of pyridine rings is 2. The highest BCUT2D eigenvalue weighted by Crippen LogP contribution is 2.39. The van der Waals surface area contributed by atoms with Gasteiger partial charge in [-0.05, 0) is 56.7 Å². The highest BCUT2D eigenvalue weighted by Gasteiger charge is 2.23. The van der Waals surface area contributed by atoms with E-state index < -0.39 is 5.60 Å². The highest BCUT2D eigenvalue weighted by molar-refractivity contribution is 6.03. The van der Waals surface area contributed by atoms with E-state index in [1.807, 2.05) is 45.0 Å². The van der Waals surface area contributed by atoms with Crippen molar-refractivity contribution < 1.29 is 19.1 Å². The number of amides is 2. The summed E-state index contributed by atoms with van der Waals surface area (Å²) in [6.07, 6.45) is 5.29. The van der Waals surface area contributed by atoms with Crippen LogP contribution in [0.1, 0.15) is 42.3 Å². The smallest absolute Gasteiger partial charge is 0.410 e. The minimum Gasteiger partial charge on any atom is -0.492 e. The fraction of sp³-hybridized carbons (Fsp3) is 0.312. The molecule has 0 unspecified atom stereocenters. The number of rotatable bonds is 10. The quantitative estimate of drug-likeness (QED) is 0.198. The van der Waals surface area contributed by atoms with Crippen molar-refractivity contribution in [2.75, 3.05) is 48.4 Å². The van der Waals surface area contributed by atoms with Crippen molar-refractivity contribution in [1.82, 2.24) is 24.8 Å². The molecule has 13 heteroatoms. The Bertz CT molecular complexity index is 1670. The molecule has 2 amide bonds. The first kappa shape index (κ1) is 31.0. The van der Waals surface area contributed by atoms with E-state index in [-0.39, 0.29) is 17.9 Å². The van der Waals surface area contributed by atoms with Crippen molar-refractivity contribution in [2.24, 2.45) is 0 Å². The van der Waals surface area contributed by atoms with Gasteiger partial charge in [0.15, 0.2) is 0 Å². The molecule has 1 aromatic carbocycles. The van der Waals surface area contributed by atoms with Gasteiger partial charge in [0.25, 0.3) is 5.91 Å². The zero-order valence-corrected chi connectivity index (χ0v) is 25.8. The summed E-state index contributed by atoms with van der Waals surface area (Å²) in [6.45, 7) is 7.47. The molecule has 4 aromatic rings. The molecule has 1 aliphatic heterocycles. The van der Waals surface area contributed by atoms with E-state index >= 15 is 0 Å². The third-order valence-electron chi connectivity index (χ3n) is 6.81. The summed E-state index contributed by atoms with van der Waals surface area (Å²) in [5.74, 6) is 1.79. The first-order chi connectivity index (χ1) is 21.6. The molecule has 0 radical (unpaired) electrons. The third kappa shape index (κ3) is 8.13. The van der Waals surface area contributed by atoms with E-state index in [1.165, 1.54) is 4.90 Å². The SMILES string of the molecule is CN(CCNc1ccc(NC(=O)c2cccc(CNc3ncc(-c4ccnc(N)n4)c4c3CCO4)c2)nc1)C(=O)OC(C)(C)C. The predicted molar refractivity (Wildman–Crippen MR) is 172 cm³/mol. The lowest BCUT2D eigenvalue weighted by Crippen LogP contribution is -2.36. The number of nitrogens with zero attached hydrogens (tertiary/aromatic N) is 5. The Morgan fingerprint density at radius 3 is 2.67 bits per heavy atom. The lowest BCUT2D eigenvalue weighted by atomic mass is 10.1. The fourth-order valence-electron chi connectivity index (χ4n) is 4.61. The second-order valence-corrected chi connectivity index (χ2v) is 11.5. The Morgan fingerprint density at radius 2 is 1.91 bits per heavy atom. The van der Waals surface area contributed by atoms with Crippen LogP contribution in [0.4, 0.5) is 28.1 Å². The number of anilines is 4. The Balaban J connectivity index is 1.14. The van der Waals surface area contributed by atoms with Gasteiger partial charge in [0.2, 0.25) is 5.95 Å². The molecule has 0 atom stereocenters. The summed E-state index contributed by atoms with van der Waals surface area (Å²) in [7, 11) is 1.69. The van der Waals surface area contributed by atoms with Crippen LogP contribution in [-0.4, -0.2) is 69.2 Å². The van der Waals surface area contributed by atoms with E-state index in [0.29, 0.717) is 49.7 Å². The van der Waals surface area contributed by atoms with Crippen molar-refractivity contribution in [3.05, 3.63) is 77.7 Å². The maximum atomic E-state index is 13.0. The standard InChI is InChI=1S/C32H37N9O4/c1-32(2,3)45-31(43)41(4)14-13-34-22-8-9-26(36-18-22)40-29(42)21-7-5-6-20(16-21)17-37-28-23-11-15-44-27(23)24(19-38-28)25-10-12-35-30(33)39-25/h5-10,12,16,18-19,34H,11,13-15,17H2,1-4H3,(H,37,38)(H2,33,35,39)(H,36,40,42). The van der Waals surface area contributed by atoms with Crippen LogP contribution in [0.25, 0.3) is 11.3 Å². The van der Waals surface area contributed by atoms with Crippen LogP contribution in [0.5, 0.6) is 5.75 Å². The lowest BCUT2D eigenvalue weighted by molar-refractivity contribution is 0.0305. The molecule has 234 valence electrons. The number of hydrogen-bond donors (Lipinski definition) is 4. The third-order valence-corrected chi connectivity index (χ3v) is 6.81. The van der Waals surface area contributed by atoms with E-state index in [0.717, 1.165) is 33.9 Å². The number of carbonyl (C=O) groups excluding carboxylic acids is 2. The molecule has 3 aromatic heterocycles. The summed E-state index contributed by atoms with van der Waals surface area (Å²) >= 11 is 0. The average molecular weight is 612 g/mol. The van der Waals surface area contributed by atoms with E-state index in [2.05, 4.69) is 35.9 Å². The largest absolute Gasteiger partial charge is 0.492 e. The van der Waals surface area contributed by atoms with Crippen LogP contribution < -0.4 is 26.4 Å². The molecule has 5 rings (SSSR count). The van der Waals surface area contributed by atoms with E-state index in [9.17, 15) is 9.59 Å². The second kappa shape index (κ2) is 13.5. The van der Waals surface area contributed by atoms with E-state index in [1.54, 1.807) is 43.8 Å². The van der Waals surface area contributed by atoms with Crippen molar-refractivity contribution in [1.29, 1.82) is 0 Å². The summed E-state index contributed by atoms with van der Waals surface area (Å²) in [4.78, 5) is 43.8. The van der Waals surface area contributed by atoms with Crippen LogP contribution in [0.15, 0.2) is 61.1 Å². The minimum absolute atomic E-state index is 0.187. The Morgan fingerprint density at radius 1 is 1.07 bits per heavy atom. The molecule has 0 aliphatic carbocycles. The van der Waals surface area contributed by atoms with Crippen LogP contribution >= 0.6 is 0 Å². The second-order valence-electron chi connectivity index (χ2n) is 11.5. The number of ether oxygens (including phenoxy) is 2. The zero-order chi connectivity index (χ0) is 32.0. The van der Waals surface area contributed by atoms with Gasteiger partial charge in [0.05, 0.1) is 29.7 Å². The van der Waals surface area contributed by atoms with Gasteiger partial charge in [-0.25, -0.2) is 24.7 Å². The predicted octanol–water partition coefficient (Wildman–Crippen LogP) is 4.59. The number of benzene rings is 1. The minimum atomic E-state index is -0.544. The number of nitrogen functional groups attached to an aromatic ring is 1. The van der Waals surface area contributed by atoms with Crippen LogP contribution in [0.2, 0.25) is 0 Å². The Kier molecular flexibility index (Phi) is 9.26. The molecule has 0 saturated heterocycles. The number of aromatic nitrogens is 4. The van der Waals surface area contributed by atoms with Gasteiger partial charge in [-0.15, -0.1) is 0 Å². The molecular weight excluding hydrogens is 574 g/mol. The molecule has 0 saturated carbocycles. The number of hydrogen-bond acceptors (Lipinski definition) is 11. The van der Waals surface area contributed by atoms with Gasteiger partial charge in [-0.1, -0.05) is 12.1 Å². The van der Waals surface area contributed by atoms with Gasteiger partial charge in [0, 0.05) is 56.6 Å². The van der Waals surface area contributed by atoms with Crippen molar-refractivity contribution in [2.45, 2.75) is 39.3 Å². The van der Waals surface area contributed by atoms with E-state index in [4.69, 9.17) is 15.2 Å². The molecule has 0 fully saturated rings. The topological polar surface area (TPSA) is 170 Å². The van der Waals surface area contributed by atoms with Gasteiger partial charge < -0.3 is 36.1 Å². The normalized spacial score (nSPS) is 12.1. The Hall–Kier alpha value is -5.46. The average Bonchev–Trinajstić information content (AvgIpc) is 3.50. The first-order valence-corrected chi connectivity index (χ1v) is 14.6. The van der Waals surface area contributed by atoms with Gasteiger partial charge in [0.1, 0.15) is 23.0 Å². The zero-order valence-electron chi connectivity index (χ0n) is 25.8. The summed E-state index contributed by atoms with van der Waals surface area (Å²) in [5, 5.41) is 9.44. The first-order valence-electron chi connectivity index (χ1n) is 14.6. The molecule has 45 heavy (non-hydrogen) atoms. The summed E-state index contributed by atoms with van der Waals surface area (Å²) < 4.78 is 11.3. The van der Waals surface area contributed by atoms with Crippen LogP contribution in [0.3, 0.4) is 0 Å². The van der Waals surface area contributed by atoms with Gasteiger partial charge >= 0.3 is 6.09 Å². The molecular formula is C32H37N9O4. The van der Waals surface area contributed by atoms with Gasteiger partial charge in [-0.3, -0.25) is 4.79 Å². The number of fused-ring (bicyclic) bond motifs is 1. The number of nitrogens with two attached hydrogens (primary N) is 1. The molecule has 1 aliphatic rings. The van der Waals surface area contributed by atoms with Crippen molar-refractivity contribution in [3.8, 4) is 17.0 Å². The summed E-state index contributed by atoms with van der Waals surface area (Å²) in [5.41, 5.74) is 9.79. The number of likely N-dealkylation sites (N-methyl/N-ethyl adjacent to an activating group) is 1. The van der Waals surface area contributed by atoms with Crippen LogP contribution in [0, 0.1) is 0 Å². The molecule has 0 bridgehead atoms. The monoisotopic (exact) mass is 611 g/mol. The highest BCUT2D eigenvalue weighted by atomic mass is 16.6. The van der Waals surface area contributed by atoms with Gasteiger partial charge in [-0.2, -0.15) is 0 Å². The maximum Gasteiger partial charge on any atom is 0.410 e. The van der Waals surface area contributed by atoms with Crippen molar-refractivity contribution >= 4 is 35.3 Å². The Labute approximate surface area is 261 Å². The molecule has 0 spiro atoms. The maximum absolute atomic E-state index is 13.0. The molecule has 13 nitrogen and oxygen atoms in total. The fourth-order valence-corrected chi connectivity index (χ4v) is 4.61. The lowest BCUT2D eigenvalue weighted by Gasteiger charge is -2.24. The van der Waals surface area contributed by atoms with Crippen LogP contribution in [-0.2, 0) is 17.7 Å². The number of carbonyl (C=O) groups is 2. The molecule has 5 N–H and O–H groups in total.